The Balaban J connectivity index is 1.58. The molecule has 0 unspecified atom stereocenters. The van der Waals surface area contributed by atoms with Gasteiger partial charge in [-0.25, -0.2) is 4.98 Å². The van der Waals surface area contributed by atoms with Crippen molar-refractivity contribution in [2.45, 2.75) is 19.9 Å². The summed E-state index contributed by atoms with van der Waals surface area (Å²) in [6, 6.07) is 1.85. The lowest BCUT2D eigenvalue weighted by molar-refractivity contribution is 0.387. The van der Waals surface area contributed by atoms with Crippen molar-refractivity contribution in [2.24, 2.45) is 0 Å². The van der Waals surface area contributed by atoms with Crippen molar-refractivity contribution in [3.05, 3.63) is 39.3 Å². The predicted octanol–water partition coefficient (Wildman–Crippen LogP) is 1.01. The average molecular weight is 291 g/mol. The van der Waals surface area contributed by atoms with Gasteiger partial charge >= 0.3 is 0 Å². The molecule has 0 aliphatic carbocycles. The Kier molecular flexibility index (Phi) is 3.57. The fourth-order valence-electron chi connectivity index (χ4n) is 1.86. The fourth-order valence-corrected chi connectivity index (χ4v) is 2.58. The summed E-state index contributed by atoms with van der Waals surface area (Å²) in [5, 5.41) is 8.87. The van der Waals surface area contributed by atoms with Crippen LogP contribution in [0, 0.1) is 6.92 Å². The van der Waals surface area contributed by atoms with E-state index in [1.807, 2.05) is 11.4 Å². The van der Waals surface area contributed by atoms with Gasteiger partial charge in [-0.1, -0.05) is 5.16 Å². The number of nitrogens with one attached hydrogen (secondary N) is 2. The van der Waals surface area contributed by atoms with Crippen LogP contribution in [-0.2, 0) is 13.0 Å². The summed E-state index contributed by atoms with van der Waals surface area (Å²) >= 11 is 1.40. The van der Waals surface area contributed by atoms with Crippen molar-refractivity contribution in [3.8, 4) is 0 Å². The van der Waals surface area contributed by atoms with E-state index in [4.69, 9.17) is 4.52 Å². The molecule has 0 aliphatic heterocycles. The van der Waals surface area contributed by atoms with E-state index < -0.39 is 0 Å². The molecule has 20 heavy (non-hydrogen) atoms. The van der Waals surface area contributed by atoms with Crippen molar-refractivity contribution >= 4 is 21.6 Å². The van der Waals surface area contributed by atoms with Crippen LogP contribution in [0.1, 0.15) is 17.5 Å². The molecule has 0 aromatic carbocycles. The molecule has 0 radical (unpaired) electrons. The zero-order valence-electron chi connectivity index (χ0n) is 10.8. The quantitative estimate of drug-likeness (QED) is 0.681. The number of aryl methyl sites for hydroxylation is 1. The minimum Gasteiger partial charge on any atom is -0.340 e. The largest absolute Gasteiger partial charge is 0.340 e. The van der Waals surface area contributed by atoms with Gasteiger partial charge in [-0.3, -0.25) is 4.79 Å². The molecule has 8 heteroatoms. The van der Waals surface area contributed by atoms with E-state index in [9.17, 15) is 4.79 Å². The number of nitrogens with zero attached hydrogens (tertiary/aromatic N) is 3. The van der Waals surface area contributed by atoms with E-state index in [-0.39, 0.29) is 5.56 Å². The molecular weight excluding hydrogens is 278 g/mol. The maximum Gasteiger partial charge on any atom is 0.268 e. The van der Waals surface area contributed by atoms with E-state index in [0.29, 0.717) is 41.7 Å². The van der Waals surface area contributed by atoms with Crippen LogP contribution in [0.3, 0.4) is 0 Å². The van der Waals surface area contributed by atoms with Crippen LogP contribution in [0.2, 0.25) is 0 Å². The average Bonchev–Trinajstić information content (AvgIpc) is 3.04. The molecule has 104 valence electrons. The van der Waals surface area contributed by atoms with Crippen LogP contribution in [0.25, 0.3) is 10.2 Å². The minimum absolute atomic E-state index is 0.0874. The molecule has 0 atom stereocenters. The van der Waals surface area contributed by atoms with Gasteiger partial charge in [0.05, 0.1) is 12.1 Å². The number of hydrogen-bond acceptors (Lipinski definition) is 7. The number of fused-ring (bicyclic) bond motifs is 1. The van der Waals surface area contributed by atoms with Gasteiger partial charge in [0.1, 0.15) is 10.5 Å². The maximum atomic E-state index is 11.8. The van der Waals surface area contributed by atoms with Crippen molar-refractivity contribution in [1.82, 2.24) is 25.4 Å². The van der Waals surface area contributed by atoms with Gasteiger partial charge in [0.15, 0.2) is 5.82 Å². The molecule has 0 bridgehead atoms. The Labute approximate surface area is 118 Å². The summed E-state index contributed by atoms with van der Waals surface area (Å²) < 4.78 is 5.55. The van der Waals surface area contributed by atoms with E-state index >= 15 is 0 Å². The number of aromatic nitrogens is 4. The molecule has 0 fully saturated rings. The third-order valence-electron chi connectivity index (χ3n) is 2.75. The zero-order valence-corrected chi connectivity index (χ0v) is 11.7. The third kappa shape index (κ3) is 2.75. The molecule has 0 amide bonds. The second kappa shape index (κ2) is 5.51. The summed E-state index contributed by atoms with van der Waals surface area (Å²) in [5.41, 5.74) is 0.653. The molecule has 0 spiro atoms. The number of thiophene rings is 1. The maximum absolute atomic E-state index is 11.8. The lowest BCUT2D eigenvalue weighted by atomic mass is 10.4. The van der Waals surface area contributed by atoms with Crippen LogP contribution in [-0.4, -0.2) is 26.7 Å². The summed E-state index contributed by atoms with van der Waals surface area (Å²) in [4.78, 5) is 23.0. The summed E-state index contributed by atoms with van der Waals surface area (Å²) in [7, 11) is 0. The summed E-state index contributed by atoms with van der Waals surface area (Å²) in [5.74, 6) is 1.86. The fraction of sp³-hybridized carbons (Fsp3) is 0.333. The molecule has 0 saturated heterocycles. The Morgan fingerprint density at radius 2 is 2.35 bits per heavy atom. The van der Waals surface area contributed by atoms with Gasteiger partial charge < -0.3 is 14.8 Å². The Hall–Kier alpha value is -2.06. The first-order valence-electron chi connectivity index (χ1n) is 6.18. The SMILES string of the molecule is Cc1nc(CCNCc2nc3ccsc3c(=O)[nH]2)no1. The first-order valence-corrected chi connectivity index (χ1v) is 7.06. The monoisotopic (exact) mass is 291 g/mol. The lowest BCUT2D eigenvalue weighted by Crippen LogP contribution is -2.21. The standard InChI is InChI=1S/C12H13N5O2S/c1-7-14-9(17-19-7)2-4-13-6-10-15-8-3-5-20-11(8)12(18)16-10/h3,5,13H,2,4,6H2,1H3,(H,15,16,18). The molecule has 2 N–H and O–H groups in total. The molecular formula is C12H13N5O2S. The minimum atomic E-state index is -0.0874. The Bertz CT molecular complexity index is 775. The van der Waals surface area contributed by atoms with Gasteiger partial charge in [-0.2, -0.15) is 4.98 Å². The van der Waals surface area contributed by atoms with Crippen LogP contribution in [0.4, 0.5) is 0 Å². The molecule has 3 aromatic heterocycles. The second-order valence-electron chi connectivity index (χ2n) is 4.30. The smallest absolute Gasteiger partial charge is 0.268 e. The molecule has 3 rings (SSSR count). The number of H-pyrrole nitrogens is 1. The third-order valence-corrected chi connectivity index (χ3v) is 3.65. The lowest BCUT2D eigenvalue weighted by Gasteiger charge is -2.02. The van der Waals surface area contributed by atoms with Crippen LogP contribution in [0.5, 0.6) is 0 Å². The van der Waals surface area contributed by atoms with Crippen molar-refractivity contribution in [1.29, 1.82) is 0 Å². The van der Waals surface area contributed by atoms with E-state index in [0.717, 1.165) is 5.52 Å². The second-order valence-corrected chi connectivity index (χ2v) is 5.22. The highest BCUT2D eigenvalue weighted by Gasteiger charge is 2.05. The Morgan fingerprint density at radius 1 is 1.45 bits per heavy atom. The first kappa shape index (κ1) is 12.9. The Morgan fingerprint density at radius 3 is 3.15 bits per heavy atom. The van der Waals surface area contributed by atoms with Crippen LogP contribution in [0.15, 0.2) is 20.8 Å². The normalized spacial score (nSPS) is 11.2. The number of aromatic amines is 1. The number of rotatable bonds is 5. The highest BCUT2D eigenvalue weighted by Crippen LogP contribution is 2.13. The van der Waals surface area contributed by atoms with Crippen LogP contribution >= 0.6 is 11.3 Å². The summed E-state index contributed by atoms with van der Waals surface area (Å²) in [6.07, 6.45) is 0.669. The van der Waals surface area contributed by atoms with Gasteiger partial charge in [-0.15, -0.1) is 11.3 Å². The van der Waals surface area contributed by atoms with Gasteiger partial charge in [-0.05, 0) is 11.4 Å². The van der Waals surface area contributed by atoms with Crippen LogP contribution < -0.4 is 10.9 Å². The van der Waals surface area contributed by atoms with Gasteiger partial charge in [0, 0.05) is 19.9 Å². The zero-order chi connectivity index (χ0) is 13.9. The molecule has 0 saturated carbocycles. The number of hydrogen-bond donors (Lipinski definition) is 2. The van der Waals surface area contributed by atoms with Gasteiger partial charge in [0.2, 0.25) is 5.89 Å². The van der Waals surface area contributed by atoms with Crippen molar-refractivity contribution in [2.75, 3.05) is 6.54 Å². The molecule has 3 heterocycles. The highest BCUT2D eigenvalue weighted by molar-refractivity contribution is 7.17. The highest BCUT2D eigenvalue weighted by atomic mass is 32.1. The predicted molar refractivity (Wildman–Crippen MR) is 74.7 cm³/mol. The van der Waals surface area contributed by atoms with Crippen molar-refractivity contribution < 1.29 is 4.52 Å². The molecule has 3 aromatic rings. The van der Waals surface area contributed by atoms with Gasteiger partial charge in [0.25, 0.3) is 5.56 Å². The summed E-state index contributed by atoms with van der Waals surface area (Å²) in [6.45, 7) is 2.94. The van der Waals surface area contributed by atoms with E-state index in [1.54, 1.807) is 6.92 Å². The first-order chi connectivity index (χ1) is 9.72. The van der Waals surface area contributed by atoms with Crippen molar-refractivity contribution in [3.63, 3.8) is 0 Å². The van der Waals surface area contributed by atoms with E-state index in [1.165, 1.54) is 11.3 Å². The molecule has 0 aliphatic rings. The topological polar surface area (TPSA) is 96.7 Å². The molecule has 7 nitrogen and oxygen atoms in total. The van der Waals surface area contributed by atoms with E-state index in [2.05, 4.69) is 25.4 Å².